The van der Waals surface area contributed by atoms with Gasteiger partial charge in [-0.1, -0.05) is 23.9 Å². The fourth-order valence-corrected chi connectivity index (χ4v) is 4.82. The van der Waals surface area contributed by atoms with E-state index in [0.717, 1.165) is 10.4 Å². The second-order valence-electron chi connectivity index (χ2n) is 6.32. The zero-order valence-corrected chi connectivity index (χ0v) is 16.6. The normalized spacial score (nSPS) is 11.5. The third-order valence-electron chi connectivity index (χ3n) is 4.23. The van der Waals surface area contributed by atoms with Gasteiger partial charge in [0.15, 0.2) is 10.9 Å². The summed E-state index contributed by atoms with van der Waals surface area (Å²) in [6.45, 7) is 7.71. The number of benzene rings is 1. The summed E-state index contributed by atoms with van der Waals surface area (Å²) >= 11 is 2.65. The van der Waals surface area contributed by atoms with Crippen molar-refractivity contribution in [1.82, 2.24) is 9.55 Å². The van der Waals surface area contributed by atoms with Crippen LogP contribution in [0.25, 0.3) is 10.2 Å². The van der Waals surface area contributed by atoms with Gasteiger partial charge in [0.1, 0.15) is 10.6 Å². The quantitative estimate of drug-likeness (QED) is 0.358. The minimum atomic E-state index is -0.535. The van der Waals surface area contributed by atoms with E-state index in [1.54, 1.807) is 16.7 Å². The lowest BCUT2D eigenvalue weighted by molar-refractivity contribution is 0.101. The Balaban J connectivity index is 1.99. The van der Waals surface area contributed by atoms with Gasteiger partial charge in [-0.15, -0.1) is 11.3 Å². The fraction of sp³-hybridized carbons (Fsp3) is 0.316. The van der Waals surface area contributed by atoms with Crippen molar-refractivity contribution in [1.29, 1.82) is 0 Å². The molecule has 0 spiro atoms. The molecule has 1 aromatic carbocycles. The molecule has 3 aromatic rings. The van der Waals surface area contributed by atoms with Crippen LogP contribution in [0.4, 0.5) is 4.39 Å². The fourth-order valence-electron chi connectivity index (χ4n) is 2.74. The molecule has 0 saturated heterocycles. The first kappa shape index (κ1) is 18.8. The first-order valence-electron chi connectivity index (χ1n) is 8.24. The number of hydrogen-bond donors (Lipinski definition) is 0. The molecule has 0 saturated carbocycles. The molecule has 0 aliphatic heterocycles. The van der Waals surface area contributed by atoms with Gasteiger partial charge in [-0.25, -0.2) is 9.37 Å². The van der Waals surface area contributed by atoms with Gasteiger partial charge in [0.2, 0.25) is 0 Å². The van der Waals surface area contributed by atoms with Crippen LogP contribution in [0.3, 0.4) is 0 Å². The van der Waals surface area contributed by atoms with Gasteiger partial charge in [0, 0.05) is 10.9 Å². The summed E-state index contributed by atoms with van der Waals surface area (Å²) in [5.74, 6) is -0.835. The number of carbonyl (C=O) groups excluding carboxylic acids is 1. The molecule has 0 amide bonds. The Hall–Kier alpha value is -1.99. The summed E-state index contributed by atoms with van der Waals surface area (Å²) < 4.78 is 15.4. The summed E-state index contributed by atoms with van der Waals surface area (Å²) in [7, 11) is 0. The first-order chi connectivity index (χ1) is 12.3. The topological polar surface area (TPSA) is 52.0 Å². The van der Waals surface area contributed by atoms with Crippen LogP contribution < -0.4 is 5.56 Å². The number of aromatic nitrogens is 2. The lowest BCUT2D eigenvalue weighted by Gasteiger charge is -2.15. The van der Waals surface area contributed by atoms with E-state index in [1.165, 1.54) is 35.2 Å². The Morgan fingerprint density at radius 3 is 2.65 bits per heavy atom. The second kappa shape index (κ2) is 7.32. The number of Topliss-reactive ketones (excluding diaryl/α,β-unsaturated/α-hetero) is 1. The van der Waals surface area contributed by atoms with Crippen LogP contribution in [0.15, 0.2) is 34.2 Å². The zero-order chi connectivity index (χ0) is 19.0. The van der Waals surface area contributed by atoms with Crippen LogP contribution in [-0.4, -0.2) is 21.1 Å². The van der Waals surface area contributed by atoms with Crippen molar-refractivity contribution in [3.8, 4) is 0 Å². The second-order valence-corrected chi connectivity index (χ2v) is 8.46. The van der Waals surface area contributed by atoms with Gasteiger partial charge in [0.25, 0.3) is 5.56 Å². The molecule has 0 atom stereocenters. The van der Waals surface area contributed by atoms with E-state index in [1.807, 2.05) is 27.7 Å². The third kappa shape index (κ3) is 3.33. The zero-order valence-electron chi connectivity index (χ0n) is 15.0. The number of ketones is 1. The molecule has 136 valence electrons. The van der Waals surface area contributed by atoms with E-state index in [2.05, 4.69) is 4.98 Å². The lowest BCUT2D eigenvalue weighted by atomic mass is 10.1. The van der Waals surface area contributed by atoms with Crippen molar-refractivity contribution in [2.75, 3.05) is 5.75 Å². The predicted octanol–water partition coefficient (Wildman–Crippen LogP) is 4.77. The molecule has 4 nitrogen and oxygen atoms in total. The van der Waals surface area contributed by atoms with E-state index < -0.39 is 5.82 Å². The number of thioether (sulfide) groups is 1. The number of hydrogen-bond acceptors (Lipinski definition) is 5. The minimum Gasteiger partial charge on any atom is -0.293 e. The number of halogens is 1. The van der Waals surface area contributed by atoms with Crippen LogP contribution in [0.1, 0.15) is 40.7 Å². The molecular weight excluding hydrogens is 371 g/mol. The summed E-state index contributed by atoms with van der Waals surface area (Å²) in [5.41, 5.74) is 0.922. The highest BCUT2D eigenvalue weighted by Crippen LogP contribution is 2.29. The van der Waals surface area contributed by atoms with E-state index in [-0.39, 0.29) is 28.7 Å². The van der Waals surface area contributed by atoms with Crippen LogP contribution in [0, 0.1) is 19.7 Å². The van der Waals surface area contributed by atoms with Crippen LogP contribution >= 0.6 is 23.1 Å². The number of nitrogens with zero attached hydrogens (tertiary/aromatic N) is 2. The molecule has 0 aliphatic carbocycles. The van der Waals surface area contributed by atoms with E-state index >= 15 is 0 Å². The van der Waals surface area contributed by atoms with Crippen LogP contribution in [-0.2, 0) is 0 Å². The maximum absolute atomic E-state index is 13.8. The predicted molar refractivity (Wildman–Crippen MR) is 105 cm³/mol. The molecule has 0 unspecified atom stereocenters. The van der Waals surface area contributed by atoms with Crippen LogP contribution in [0.2, 0.25) is 0 Å². The number of rotatable bonds is 5. The van der Waals surface area contributed by atoms with E-state index in [4.69, 9.17) is 0 Å². The first-order valence-corrected chi connectivity index (χ1v) is 10.0. The highest BCUT2D eigenvalue weighted by atomic mass is 32.2. The van der Waals surface area contributed by atoms with Crippen molar-refractivity contribution in [3.63, 3.8) is 0 Å². The molecule has 26 heavy (non-hydrogen) atoms. The van der Waals surface area contributed by atoms with Crippen molar-refractivity contribution in [2.45, 2.75) is 38.9 Å². The van der Waals surface area contributed by atoms with Crippen LogP contribution in [0.5, 0.6) is 0 Å². The van der Waals surface area contributed by atoms with Gasteiger partial charge >= 0.3 is 0 Å². The highest BCUT2D eigenvalue weighted by molar-refractivity contribution is 7.99. The Morgan fingerprint density at radius 1 is 1.31 bits per heavy atom. The summed E-state index contributed by atoms with van der Waals surface area (Å²) in [6, 6.07) is 5.82. The van der Waals surface area contributed by atoms with E-state index in [9.17, 15) is 14.0 Å². The minimum absolute atomic E-state index is 0.0228. The van der Waals surface area contributed by atoms with Crippen molar-refractivity contribution < 1.29 is 9.18 Å². The van der Waals surface area contributed by atoms with Gasteiger partial charge < -0.3 is 0 Å². The number of aryl methyl sites for hydroxylation is 2. The maximum Gasteiger partial charge on any atom is 0.263 e. The molecule has 0 bridgehead atoms. The molecule has 7 heteroatoms. The Bertz CT molecular complexity index is 1050. The average molecular weight is 391 g/mol. The SMILES string of the molecule is Cc1sc2nc(SCC(=O)c3ccccc3F)n(C(C)C)c(=O)c2c1C. The molecule has 0 N–H and O–H groups in total. The Kier molecular flexibility index (Phi) is 5.29. The lowest BCUT2D eigenvalue weighted by Crippen LogP contribution is -2.25. The van der Waals surface area contributed by atoms with Crippen molar-refractivity contribution >= 4 is 39.1 Å². The van der Waals surface area contributed by atoms with Crippen molar-refractivity contribution in [2.24, 2.45) is 0 Å². The van der Waals surface area contributed by atoms with Gasteiger partial charge in [-0.2, -0.15) is 0 Å². The Labute approximate surface area is 159 Å². The number of thiophene rings is 1. The summed E-state index contributed by atoms with van der Waals surface area (Å²) in [4.78, 5) is 31.7. The van der Waals surface area contributed by atoms with Gasteiger partial charge in [0.05, 0.1) is 16.7 Å². The smallest absolute Gasteiger partial charge is 0.263 e. The molecule has 0 fully saturated rings. The third-order valence-corrected chi connectivity index (χ3v) is 6.28. The summed E-state index contributed by atoms with van der Waals surface area (Å²) in [5, 5.41) is 1.13. The molecule has 2 heterocycles. The molecule has 0 radical (unpaired) electrons. The largest absolute Gasteiger partial charge is 0.293 e. The highest BCUT2D eigenvalue weighted by Gasteiger charge is 2.20. The number of fused-ring (bicyclic) bond motifs is 1. The van der Waals surface area contributed by atoms with Crippen molar-refractivity contribution in [3.05, 3.63) is 56.4 Å². The van der Waals surface area contributed by atoms with Gasteiger partial charge in [-0.3, -0.25) is 14.2 Å². The standard InChI is InChI=1S/C19H19FN2O2S2/c1-10(2)22-18(24)16-11(3)12(4)26-17(16)21-19(22)25-9-15(23)13-7-5-6-8-14(13)20/h5-8,10H,9H2,1-4H3. The molecule has 2 aromatic heterocycles. The van der Waals surface area contributed by atoms with E-state index in [0.29, 0.717) is 15.4 Å². The van der Waals surface area contributed by atoms with Gasteiger partial charge in [-0.05, 0) is 45.4 Å². The maximum atomic E-state index is 13.8. The molecular formula is C19H19FN2O2S2. The summed E-state index contributed by atoms with van der Waals surface area (Å²) in [6.07, 6.45) is 0. The number of carbonyl (C=O) groups is 1. The monoisotopic (exact) mass is 390 g/mol. The Morgan fingerprint density at radius 2 is 2.00 bits per heavy atom. The molecule has 3 rings (SSSR count). The molecule has 0 aliphatic rings. The average Bonchev–Trinajstić information content (AvgIpc) is 2.87.